The van der Waals surface area contributed by atoms with Crippen molar-refractivity contribution in [3.8, 4) is 17.3 Å². The normalized spacial score (nSPS) is 10.5. The minimum absolute atomic E-state index is 0.0189. The lowest BCUT2D eigenvalue weighted by Gasteiger charge is -2.11. The van der Waals surface area contributed by atoms with Crippen LogP contribution in [0.5, 0.6) is 0 Å². The first-order valence-electron chi connectivity index (χ1n) is 5.94. The molecule has 0 unspecified atom stereocenters. The first kappa shape index (κ1) is 13.5. The van der Waals surface area contributed by atoms with Crippen LogP contribution in [0.4, 0.5) is 0 Å². The van der Waals surface area contributed by atoms with Gasteiger partial charge in [0.15, 0.2) is 11.2 Å². The molecule has 0 aliphatic carbocycles. The van der Waals surface area contributed by atoms with Crippen LogP contribution in [0.1, 0.15) is 25.6 Å². The molecule has 20 heavy (non-hydrogen) atoms. The first-order valence-corrected chi connectivity index (χ1v) is 5.94. The largest absolute Gasteiger partial charge is 0.427 e. The van der Waals surface area contributed by atoms with E-state index in [2.05, 4.69) is 4.98 Å². The Morgan fingerprint density at radius 1 is 1.40 bits per heavy atom. The van der Waals surface area contributed by atoms with Gasteiger partial charge in [-0.2, -0.15) is 9.99 Å². The van der Waals surface area contributed by atoms with Crippen LogP contribution in [0, 0.1) is 16.7 Å². The second-order valence-electron chi connectivity index (χ2n) is 4.54. The van der Waals surface area contributed by atoms with Gasteiger partial charge < -0.3 is 9.77 Å². The standard InChI is InChI=1S/C13H13N5O2/c1-8(2)17-6-9(3-4-12(17)19)11-7-18(20)13(15)10(5-14)16-11/h3-4,6-8,15,20H,1-2H3. The van der Waals surface area contributed by atoms with Crippen LogP contribution in [-0.4, -0.2) is 19.5 Å². The van der Waals surface area contributed by atoms with Gasteiger partial charge in [0, 0.05) is 23.9 Å². The monoisotopic (exact) mass is 271 g/mol. The summed E-state index contributed by atoms with van der Waals surface area (Å²) in [4.78, 5) is 15.7. The van der Waals surface area contributed by atoms with Crippen LogP contribution in [0.2, 0.25) is 0 Å². The third kappa shape index (κ3) is 2.31. The van der Waals surface area contributed by atoms with E-state index in [-0.39, 0.29) is 22.8 Å². The molecule has 0 atom stereocenters. The summed E-state index contributed by atoms with van der Waals surface area (Å²) in [6.07, 6.45) is 2.84. The number of aromatic nitrogens is 3. The predicted molar refractivity (Wildman–Crippen MR) is 70.1 cm³/mol. The second-order valence-corrected chi connectivity index (χ2v) is 4.54. The van der Waals surface area contributed by atoms with Gasteiger partial charge in [0.25, 0.3) is 5.56 Å². The summed E-state index contributed by atoms with van der Waals surface area (Å²) < 4.78 is 2.06. The van der Waals surface area contributed by atoms with Crippen LogP contribution in [0.15, 0.2) is 29.3 Å². The molecule has 0 fully saturated rings. The molecule has 0 aliphatic rings. The average Bonchev–Trinajstić information content (AvgIpc) is 2.42. The van der Waals surface area contributed by atoms with Crippen LogP contribution in [0.3, 0.4) is 0 Å². The predicted octanol–water partition coefficient (Wildman–Crippen LogP) is 0.881. The first-order chi connectivity index (χ1) is 9.43. The maximum Gasteiger partial charge on any atom is 0.250 e. The molecule has 0 aromatic carbocycles. The second kappa shape index (κ2) is 5.01. The maximum absolute atomic E-state index is 11.7. The van der Waals surface area contributed by atoms with Crippen molar-refractivity contribution in [2.24, 2.45) is 0 Å². The number of pyridine rings is 1. The van der Waals surface area contributed by atoms with Gasteiger partial charge >= 0.3 is 0 Å². The zero-order chi connectivity index (χ0) is 14.9. The van der Waals surface area contributed by atoms with Crippen molar-refractivity contribution < 1.29 is 5.21 Å². The molecule has 0 aliphatic heterocycles. The summed E-state index contributed by atoms with van der Waals surface area (Å²) in [7, 11) is 0. The topological polar surface area (TPSA) is 108 Å². The molecule has 0 saturated heterocycles. The van der Waals surface area contributed by atoms with Gasteiger partial charge in [-0.1, -0.05) is 0 Å². The maximum atomic E-state index is 11.7. The van der Waals surface area contributed by atoms with Gasteiger partial charge in [-0.05, 0) is 19.9 Å². The smallest absolute Gasteiger partial charge is 0.250 e. The average molecular weight is 271 g/mol. The highest BCUT2D eigenvalue weighted by molar-refractivity contribution is 5.57. The van der Waals surface area contributed by atoms with Crippen molar-refractivity contribution in [3.05, 3.63) is 46.1 Å². The Morgan fingerprint density at radius 3 is 2.70 bits per heavy atom. The molecule has 2 N–H and O–H groups in total. The van der Waals surface area contributed by atoms with Crippen molar-refractivity contribution in [3.63, 3.8) is 0 Å². The number of nitrogens with one attached hydrogen (secondary N) is 1. The summed E-state index contributed by atoms with van der Waals surface area (Å²) in [5.74, 6) is 0. The molecule has 2 heterocycles. The summed E-state index contributed by atoms with van der Waals surface area (Å²) >= 11 is 0. The van der Waals surface area contributed by atoms with E-state index < -0.39 is 0 Å². The number of hydrogen-bond acceptors (Lipinski definition) is 5. The zero-order valence-corrected chi connectivity index (χ0v) is 11.0. The SMILES string of the molecule is CC(C)n1cc(-c2cn(O)c(=N)c(C#N)n2)ccc1=O. The Hall–Kier alpha value is -2.88. The third-order valence-electron chi connectivity index (χ3n) is 2.83. The quantitative estimate of drug-likeness (QED) is 0.790. The van der Waals surface area contributed by atoms with Crippen LogP contribution in [0.25, 0.3) is 11.3 Å². The van der Waals surface area contributed by atoms with Gasteiger partial charge in [-0.25, -0.2) is 4.98 Å². The van der Waals surface area contributed by atoms with Gasteiger partial charge in [-0.15, -0.1) is 0 Å². The molecular weight excluding hydrogens is 258 g/mol. The highest BCUT2D eigenvalue weighted by atomic mass is 16.5. The molecule has 0 bridgehead atoms. The van der Waals surface area contributed by atoms with Gasteiger partial charge in [0.2, 0.25) is 0 Å². The Kier molecular flexibility index (Phi) is 3.39. The molecule has 2 aromatic rings. The Labute approximate surface area is 114 Å². The third-order valence-corrected chi connectivity index (χ3v) is 2.83. The Bertz CT molecular complexity index is 811. The minimum Gasteiger partial charge on any atom is -0.427 e. The fourth-order valence-corrected chi connectivity index (χ4v) is 1.77. The van der Waals surface area contributed by atoms with Crippen molar-refractivity contribution in [1.29, 1.82) is 10.7 Å². The highest BCUT2D eigenvalue weighted by Crippen LogP contribution is 2.15. The molecule has 0 saturated carbocycles. The molecule has 2 aromatic heterocycles. The molecule has 7 heteroatoms. The van der Waals surface area contributed by atoms with Crippen molar-refractivity contribution in [2.75, 3.05) is 0 Å². The van der Waals surface area contributed by atoms with Crippen molar-refractivity contribution in [1.82, 2.24) is 14.3 Å². The van der Waals surface area contributed by atoms with E-state index in [1.165, 1.54) is 16.8 Å². The lowest BCUT2D eigenvalue weighted by atomic mass is 10.2. The summed E-state index contributed by atoms with van der Waals surface area (Å²) in [5.41, 5.74) is 0.186. The molecule has 0 radical (unpaired) electrons. The van der Waals surface area contributed by atoms with Crippen LogP contribution in [-0.2, 0) is 0 Å². The van der Waals surface area contributed by atoms with E-state index in [1.807, 2.05) is 13.8 Å². The molecule has 2 rings (SSSR count). The molecule has 102 valence electrons. The van der Waals surface area contributed by atoms with E-state index in [1.54, 1.807) is 18.3 Å². The van der Waals surface area contributed by atoms with E-state index in [9.17, 15) is 10.0 Å². The van der Waals surface area contributed by atoms with Crippen molar-refractivity contribution >= 4 is 0 Å². The van der Waals surface area contributed by atoms with Crippen molar-refractivity contribution in [2.45, 2.75) is 19.9 Å². The number of nitriles is 1. The van der Waals surface area contributed by atoms with E-state index >= 15 is 0 Å². The molecule has 0 spiro atoms. The summed E-state index contributed by atoms with van der Waals surface area (Å²) in [6, 6.07) is 4.69. The molecule has 0 amide bonds. The Morgan fingerprint density at radius 2 is 2.10 bits per heavy atom. The van der Waals surface area contributed by atoms with Gasteiger partial charge in [-0.3, -0.25) is 10.2 Å². The lowest BCUT2D eigenvalue weighted by molar-refractivity contribution is 0.169. The highest BCUT2D eigenvalue weighted by Gasteiger charge is 2.09. The van der Waals surface area contributed by atoms with Crippen LogP contribution >= 0.6 is 0 Å². The van der Waals surface area contributed by atoms with Gasteiger partial charge in [0.05, 0.1) is 11.9 Å². The van der Waals surface area contributed by atoms with E-state index in [4.69, 9.17) is 10.7 Å². The summed E-state index contributed by atoms with van der Waals surface area (Å²) in [6.45, 7) is 3.75. The minimum atomic E-state index is -0.381. The fraction of sp³-hybridized carbons (Fsp3) is 0.231. The summed E-state index contributed by atoms with van der Waals surface area (Å²) in [5, 5.41) is 25.9. The Balaban J connectivity index is 2.67. The zero-order valence-electron chi connectivity index (χ0n) is 11.0. The molecular formula is C13H13N5O2. The lowest BCUT2D eigenvalue weighted by Crippen LogP contribution is -2.23. The molecule has 7 nitrogen and oxygen atoms in total. The van der Waals surface area contributed by atoms with Crippen LogP contribution < -0.4 is 11.0 Å². The number of nitrogens with zero attached hydrogens (tertiary/aromatic N) is 4. The van der Waals surface area contributed by atoms with Gasteiger partial charge in [0.1, 0.15) is 6.07 Å². The number of hydrogen-bond donors (Lipinski definition) is 2. The van der Waals surface area contributed by atoms with E-state index in [0.29, 0.717) is 16.0 Å². The fourth-order valence-electron chi connectivity index (χ4n) is 1.77. The van der Waals surface area contributed by atoms with E-state index in [0.717, 1.165) is 0 Å². The number of rotatable bonds is 2.